The minimum absolute atomic E-state index is 0.811. The molecule has 1 aromatic carbocycles. The predicted octanol–water partition coefficient (Wildman–Crippen LogP) is 2.23. The van der Waals surface area contributed by atoms with Gasteiger partial charge in [0.2, 0.25) is 0 Å². The molecule has 3 N–H and O–H groups in total. The zero-order valence-electron chi connectivity index (χ0n) is 8.00. The van der Waals surface area contributed by atoms with Crippen LogP contribution in [0.5, 0.6) is 0 Å². The summed E-state index contributed by atoms with van der Waals surface area (Å²) in [5, 5.41) is 3.36. The Balaban J connectivity index is 2.07. The predicted molar refractivity (Wildman–Crippen MR) is 57.8 cm³/mol. The number of nitrogens with two attached hydrogens (primary N) is 1. The Bertz CT molecular complexity index is 209. The van der Waals surface area contributed by atoms with Crippen molar-refractivity contribution in [3.8, 4) is 0 Å². The Labute approximate surface area is 80.1 Å². The molecule has 0 spiro atoms. The molecule has 0 radical (unpaired) electrons. The molecule has 2 heteroatoms. The summed E-state index contributed by atoms with van der Waals surface area (Å²) in [6.45, 7) is 1.86. The molecule has 1 rings (SSSR count). The maximum atomic E-state index is 5.40. The van der Waals surface area contributed by atoms with Crippen LogP contribution in [-0.4, -0.2) is 13.1 Å². The van der Waals surface area contributed by atoms with Crippen LogP contribution in [0.2, 0.25) is 0 Å². The third kappa shape index (κ3) is 4.53. The molecule has 0 saturated heterocycles. The summed E-state index contributed by atoms with van der Waals surface area (Å²) in [4.78, 5) is 0. The lowest BCUT2D eigenvalue weighted by Gasteiger charge is -2.04. The quantitative estimate of drug-likeness (QED) is 0.655. The van der Waals surface area contributed by atoms with Gasteiger partial charge < -0.3 is 11.1 Å². The van der Waals surface area contributed by atoms with Crippen LogP contribution in [0.25, 0.3) is 0 Å². The molecule has 72 valence electrons. The van der Waals surface area contributed by atoms with Crippen molar-refractivity contribution in [1.82, 2.24) is 0 Å². The molecule has 0 fully saturated rings. The number of para-hydroxylation sites is 1. The summed E-state index contributed by atoms with van der Waals surface area (Å²) in [7, 11) is 0. The largest absolute Gasteiger partial charge is 0.385 e. The molecule has 0 amide bonds. The highest BCUT2D eigenvalue weighted by atomic mass is 14.9. The molecule has 0 aliphatic rings. The number of unbranched alkanes of at least 4 members (excludes halogenated alkanes) is 2. The number of nitrogens with one attached hydrogen (secondary N) is 1. The van der Waals surface area contributed by atoms with Gasteiger partial charge in [0.25, 0.3) is 0 Å². The van der Waals surface area contributed by atoms with Crippen LogP contribution in [0.15, 0.2) is 30.3 Å². The smallest absolute Gasteiger partial charge is 0.0340 e. The van der Waals surface area contributed by atoms with E-state index in [4.69, 9.17) is 5.73 Å². The first-order chi connectivity index (χ1) is 6.43. The lowest BCUT2D eigenvalue weighted by atomic mass is 10.2. The second kappa shape index (κ2) is 6.49. The van der Waals surface area contributed by atoms with Gasteiger partial charge in [0, 0.05) is 12.2 Å². The van der Waals surface area contributed by atoms with Gasteiger partial charge in [-0.25, -0.2) is 0 Å². The van der Waals surface area contributed by atoms with E-state index in [0.29, 0.717) is 0 Å². The standard InChI is InChI=1S/C11H18N2/c12-9-5-2-6-10-13-11-7-3-1-4-8-11/h1,3-4,7-8,13H,2,5-6,9-10,12H2. The number of benzene rings is 1. The van der Waals surface area contributed by atoms with E-state index in [2.05, 4.69) is 17.4 Å². The van der Waals surface area contributed by atoms with Crippen molar-refractivity contribution in [3.63, 3.8) is 0 Å². The summed E-state index contributed by atoms with van der Waals surface area (Å²) in [5.41, 5.74) is 6.61. The third-order valence-electron chi connectivity index (χ3n) is 1.98. The van der Waals surface area contributed by atoms with E-state index in [9.17, 15) is 0 Å². The van der Waals surface area contributed by atoms with E-state index in [1.165, 1.54) is 18.5 Å². The fourth-order valence-electron chi connectivity index (χ4n) is 1.23. The minimum atomic E-state index is 0.811. The second-order valence-corrected chi connectivity index (χ2v) is 3.14. The molecule has 0 heterocycles. The van der Waals surface area contributed by atoms with E-state index in [1.54, 1.807) is 0 Å². The van der Waals surface area contributed by atoms with Gasteiger partial charge in [-0.15, -0.1) is 0 Å². The van der Waals surface area contributed by atoms with Crippen molar-refractivity contribution in [3.05, 3.63) is 30.3 Å². The molecule has 0 atom stereocenters. The van der Waals surface area contributed by atoms with E-state index in [-0.39, 0.29) is 0 Å². The first-order valence-electron chi connectivity index (χ1n) is 4.92. The Morgan fingerprint density at radius 2 is 1.77 bits per heavy atom. The van der Waals surface area contributed by atoms with Gasteiger partial charge in [-0.05, 0) is 31.5 Å². The molecule has 13 heavy (non-hydrogen) atoms. The minimum Gasteiger partial charge on any atom is -0.385 e. The third-order valence-corrected chi connectivity index (χ3v) is 1.98. The van der Waals surface area contributed by atoms with Gasteiger partial charge in [-0.2, -0.15) is 0 Å². The van der Waals surface area contributed by atoms with Crippen LogP contribution in [0.4, 0.5) is 5.69 Å². The summed E-state index contributed by atoms with van der Waals surface area (Å²) in [6, 6.07) is 10.3. The van der Waals surface area contributed by atoms with E-state index in [0.717, 1.165) is 19.5 Å². The molecule has 1 aromatic rings. The molecule has 0 saturated carbocycles. The molecule has 0 aliphatic carbocycles. The summed E-state index contributed by atoms with van der Waals surface area (Å²) in [5.74, 6) is 0. The van der Waals surface area contributed by atoms with E-state index >= 15 is 0 Å². The van der Waals surface area contributed by atoms with Crippen LogP contribution in [-0.2, 0) is 0 Å². The van der Waals surface area contributed by atoms with Crippen molar-refractivity contribution < 1.29 is 0 Å². The van der Waals surface area contributed by atoms with Gasteiger partial charge >= 0.3 is 0 Å². The topological polar surface area (TPSA) is 38.0 Å². The molecule has 0 unspecified atom stereocenters. The molecule has 2 nitrogen and oxygen atoms in total. The van der Waals surface area contributed by atoms with Gasteiger partial charge in [0.05, 0.1) is 0 Å². The van der Waals surface area contributed by atoms with Crippen molar-refractivity contribution >= 4 is 5.69 Å². The highest BCUT2D eigenvalue weighted by molar-refractivity contribution is 5.42. The Morgan fingerprint density at radius 1 is 1.00 bits per heavy atom. The lowest BCUT2D eigenvalue weighted by molar-refractivity contribution is 0.707. The Kier molecular flexibility index (Phi) is 5.02. The van der Waals surface area contributed by atoms with Gasteiger partial charge in [-0.1, -0.05) is 24.6 Å². The zero-order valence-corrected chi connectivity index (χ0v) is 8.00. The van der Waals surface area contributed by atoms with E-state index in [1.807, 2.05) is 18.2 Å². The number of hydrogen-bond acceptors (Lipinski definition) is 2. The first kappa shape index (κ1) is 10.1. The van der Waals surface area contributed by atoms with Crippen LogP contribution in [0.3, 0.4) is 0 Å². The first-order valence-corrected chi connectivity index (χ1v) is 4.92. The van der Waals surface area contributed by atoms with Crippen LogP contribution >= 0.6 is 0 Å². The molecule has 0 bridgehead atoms. The summed E-state index contributed by atoms with van der Waals surface area (Å²) < 4.78 is 0. The lowest BCUT2D eigenvalue weighted by Crippen LogP contribution is -2.03. The SMILES string of the molecule is NCCCCCNc1ccccc1. The van der Waals surface area contributed by atoms with Gasteiger partial charge in [0.15, 0.2) is 0 Å². The van der Waals surface area contributed by atoms with Crippen molar-refractivity contribution in [2.24, 2.45) is 5.73 Å². The molecular weight excluding hydrogens is 160 g/mol. The van der Waals surface area contributed by atoms with E-state index < -0.39 is 0 Å². The molecule has 0 aromatic heterocycles. The maximum absolute atomic E-state index is 5.40. The molecular formula is C11H18N2. The average molecular weight is 178 g/mol. The normalized spacial score (nSPS) is 9.92. The number of hydrogen-bond donors (Lipinski definition) is 2. The second-order valence-electron chi connectivity index (χ2n) is 3.14. The highest BCUT2D eigenvalue weighted by Crippen LogP contribution is 2.05. The Morgan fingerprint density at radius 3 is 2.46 bits per heavy atom. The zero-order chi connectivity index (χ0) is 9.36. The average Bonchev–Trinajstić information content (AvgIpc) is 2.19. The van der Waals surface area contributed by atoms with Crippen LogP contribution in [0, 0.1) is 0 Å². The number of anilines is 1. The van der Waals surface area contributed by atoms with Crippen LogP contribution < -0.4 is 11.1 Å². The van der Waals surface area contributed by atoms with Gasteiger partial charge in [-0.3, -0.25) is 0 Å². The monoisotopic (exact) mass is 178 g/mol. The fraction of sp³-hybridized carbons (Fsp3) is 0.455. The Hall–Kier alpha value is -1.02. The fourth-order valence-corrected chi connectivity index (χ4v) is 1.23. The maximum Gasteiger partial charge on any atom is 0.0340 e. The van der Waals surface area contributed by atoms with Crippen molar-refractivity contribution in [1.29, 1.82) is 0 Å². The van der Waals surface area contributed by atoms with Gasteiger partial charge in [0.1, 0.15) is 0 Å². The number of rotatable bonds is 6. The summed E-state index contributed by atoms with van der Waals surface area (Å²) in [6.07, 6.45) is 3.55. The summed E-state index contributed by atoms with van der Waals surface area (Å²) >= 11 is 0. The van der Waals surface area contributed by atoms with Crippen molar-refractivity contribution in [2.75, 3.05) is 18.4 Å². The van der Waals surface area contributed by atoms with Crippen molar-refractivity contribution in [2.45, 2.75) is 19.3 Å². The highest BCUT2D eigenvalue weighted by Gasteiger charge is 1.89. The van der Waals surface area contributed by atoms with Crippen LogP contribution in [0.1, 0.15) is 19.3 Å². The molecule has 0 aliphatic heterocycles.